The summed E-state index contributed by atoms with van der Waals surface area (Å²) in [7, 11) is 0. The van der Waals surface area contributed by atoms with Gasteiger partial charge in [-0.25, -0.2) is 64.2 Å². The number of hydroxylamine groups is 5. The van der Waals surface area contributed by atoms with Crippen LogP contribution in [0.4, 0.5) is 11.4 Å². The lowest BCUT2D eigenvalue weighted by Crippen LogP contribution is -2.21. The number of rotatable bonds is 32. The van der Waals surface area contributed by atoms with E-state index in [4.69, 9.17) is 48.2 Å². The summed E-state index contributed by atoms with van der Waals surface area (Å²) in [6, 6.07) is 59.5. The number of hydrogen-bond donors (Lipinski definition) is 21. The lowest BCUT2D eigenvalue weighted by Gasteiger charge is -2.21. The molecule has 0 aliphatic heterocycles. The number of anilines is 1. The number of amides is 11. The number of aromatic carboxylic acids is 1. The van der Waals surface area contributed by atoms with Gasteiger partial charge in [0.1, 0.15) is 11.5 Å². The third-order valence-electron chi connectivity index (χ3n) is 17.2. The number of carboxylic acid groups (broad SMARTS) is 1. The Hall–Kier alpha value is -19.0. The molecule has 134 heavy (non-hydrogen) atoms. The van der Waals surface area contributed by atoms with Crippen LogP contribution in [0.1, 0.15) is 132 Å². The van der Waals surface area contributed by atoms with Gasteiger partial charge in [-0.05, 0) is 181 Å². The zero-order valence-electron chi connectivity index (χ0n) is 70.6. The van der Waals surface area contributed by atoms with Gasteiger partial charge >= 0.3 is 5.97 Å². The molecule has 10 aromatic carbocycles. The zero-order valence-corrected chi connectivity index (χ0v) is 70.6. The number of nitrogens with two attached hydrogens (primary N) is 1. The van der Waals surface area contributed by atoms with Crippen molar-refractivity contribution in [2.24, 2.45) is 31.2 Å². The maximum absolute atomic E-state index is 12.2. The first kappa shape index (κ1) is 104. The Morgan fingerprint density at radius 2 is 0.679 bits per heavy atom. The first-order valence-corrected chi connectivity index (χ1v) is 38.9. The minimum absolute atomic E-state index is 0.0774. The van der Waals surface area contributed by atoms with Crippen molar-refractivity contribution < 1.29 is 114 Å². The second-order valence-electron chi connectivity index (χ2n) is 26.3. The summed E-state index contributed by atoms with van der Waals surface area (Å²) < 4.78 is 5.27. The largest absolute Gasteiger partial charge is 0.507 e. The number of hydrazone groups is 5. The first-order chi connectivity index (χ1) is 64.5. The fraction of sp³-hybridized carbons (Fsp3) is 0.0538. The van der Waals surface area contributed by atoms with Crippen LogP contribution in [0.25, 0.3) is 35.2 Å². The van der Waals surface area contributed by atoms with E-state index in [1.807, 2.05) is 19.9 Å². The SMILES string of the molecule is CCN(CC)c1ccc(/C=N/NC(=O)c2ccc(/C=C/C(=O)NO)cc2)c(O)c1.NC(=O)COc1ccccc1/C=N/NC(=O)c1ccc(/C=C/C(=O)NO)cc1.O=C(/C=C/c1ccc(C(=O)N/N=C/c2ccc(O)c(O)c2O)cc1)NO.O=C(/C=C/c1ccc(C(=O)N/N=C/c2ccccc2C(=O)O)cc1)NO.[C-]#[N+]c1ccc(/C=N/NC(=O)c2ccc(/C=C/C(=O)NO)cc2)cc1. The maximum Gasteiger partial charge on any atom is 0.336 e. The number of phenolic OH excluding ortho intramolecular Hbond substituents is 4. The summed E-state index contributed by atoms with van der Waals surface area (Å²) >= 11 is 0. The van der Waals surface area contributed by atoms with Crippen molar-refractivity contribution in [3.05, 3.63) is 355 Å². The number of para-hydroxylation sites is 1. The van der Waals surface area contributed by atoms with Crippen molar-refractivity contribution in [1.82, 2.24) is 54.5 Å². The Balaban J connectivity index is 0.000000258. The zero-order chi connectivity index (χ0) is 97.7. The molecule has 0 atom stereocenters. The molecule has 10 aromatic rings. The second-order valence-corrected chi connectivity index (χ2v) is 26.3. The average molecular weight is 1820 g/mol. The number of carbonyl (C=O) groups excluding carboxylic acids is 11. The molecule has 10 rings (SSSR count). The van der Waals surface area contributed by atoms with Gasteiger partial charge in [0.2, 0.25) is 5.75 Å². The van der Waals surface area contributed by atoms with Gasteiger partial charge in [0.05, 0.1) is 43.2 Å². The molecular weight excluding hydrogens is 1740 g/mol. The van der Waals surface area contributed by atoms with Crippen LogP contribution in [-0.4, -0.2) is 173 Å². The monoisotopic (exact) mass is 1820 g/mol. The molecule has 0 aliphatic rings. The molecule has 0 heterocycles. The number of carbonyl (C=O) groups is 12. The third-order valence-corrected chi connectivity index (χ3v) is 17.2. The van der Waals surface area contributed by atoms with Crippen LogP contribution in [0, 0.1) is 6.57 Å². The number of benzene rings is 10. The van der Waals surface area contributed by atoms with Gasteiger partial charge in [0, 0.05) is 105 Å². The van der Waals surface area contributed by atoms with Gasteiger partial charge in [-0.2, -0.15) is 25.5 Å². The normalized spacial score (nSPS) is 10.8. The molecule has 0 unspecified atom stereocenters. The number of ether oxygens (including phenoxy) is 1. The van der Waals surface area contributed by atoms with Crippen LogP contribution in [0.3, 0.4) is 0 Å². The van der Waals surface area contributed by atoms with E-state index in [0.29, 0.717) is 83.8 Å². The van der Waals surface area contributed by atoms with Crippen molar-refractivity contribution in [3.8, 4) is 28.7 Å². The summed E-state index contributed by atoms with van der Waals surface area (Å²) in [5, 5.41) is 109. The number of aromatic hydroxyl groups is 4. The van der Waals surface area contributed by atoms with E-state index >= 15 is 0 Å². The van der Waals surface area contributed by atoms with E-state index in [1.54, 1.807) is 176 Å². The molecule has 0 bridgehead atoms. The number of hydrogen-bond acceptors (Lipinski definition) is 28. The molecule has 41 nitrogen and oxygen atoms in total. The van der Waals surface area contributed by atoms with Crippen molar-refractivity contribution in [1.29, 1.82) is 0 Å². The smallest absolute Gasteiger partial charge is 0.336 e. The highest BCUT2D eigenvalue weighted by Crippen LogP contribution is 2.36. The fourth-order valence-electron chi connectivity index (χ4n) is 10.3. The van der Waals surface area contributed by atoms with Gasteiger partial charge < -0.3 is 40.9 Å². The van der Waals surface area contributed by atoms with Crippen molar-refractivity contribution in [2.45, 2.75) is 13.8 Å². The second kappa shape index (κ2) is 56.1. The predicted octanol–water partition coefficient (Wildman–Crippen LogP) is 8.63. The standard InChI is InChI=1S/C21H24N4O4.C19H18N4O5.C18H14N4O3.C18H15N3O5.C17H15N3O6/c1-3-25(4-2)18-11-10-17(19(26)13-18)14-22-23-21(28)16-8-5-15(6-9-16)7-12-20(27)24-29;20-17(24)12-28-16-4-2-1-3-15(16)11-21-22-19(26)14-8-5-13(6-9-14)7-10-18(25)23-27;1-19-16-9-4-14(5-10-16)12-20-21-18(24)15-7-2-13(3-8-15)6-11-17(23)22-25;22-16(21-26)10-7-12-5-8-13(9-6-12)17(23)20-19-11-14-3-1-2-4-15(14)18(24)25;21-13-7-6-12(15(23)16(13)24)9-18-19-17(25)11-4-1-10(2-5-11)3-8-14(22)20-26/h5-14,26,29H,3-4H2,1-2H3,(H,23,28)(H,24,27);1-11,27H,12H2,(H2,20,24)(H,22,26)(H,23,25);2-12,25H,(H,21,24)(H,22,23);1-11,26H,(H,20,23)(H,21,22)(H,24,25);1-9,21,23-24,26H,(H,19,25)(H,20,22)/b12-7+,22-14+;10-7+,21-11+;11-6+,20-12+;10-7+,19-11+;8-3+,18-9+. The lowest BCUT2D eigenvalue weighted by molar-refractivity contribution is -0.124. The Kier molecular flexibility index (Phi) is 43.5. The molecule has 0 aromatic heterocycles. The van der Waals surface area contributed by atoms with Crippen LogP contribution < -0.4 is 69.9 Å². The van der Waals surface area contributed by atoms with Crippen LogP contribution in [0.15, 0.2) is 280 Å². The first-order valence-electron chi connectivity index (χ1n) is 38.9. The summed E-state index contributed by atoms with van der Waals surface area (Å²) in [4.78, 5) is 142. The summed E-state index contributed by atoms with van der Waals surface area (Å²) in [5.41, 5.74) is 33.1. The van der Waals surface area contributed by atoms with E-state index in [9.17, 15) is 78.0 Å². The highest BCUT2D eigenvalue weighted by Gasteiger charge is 2.15. The van der Waals surface area contributed by atoms with Crippen molar-refractivity contribution >= 4 is 144 Å². The van der Waals surface area contributed by atoms with Crippen LogP contribution in [0.5, 0.6) is 28.7 Å². The Labute approximate surface area is 762 Å². The third kappa shape index (κ3) is 36.5. The van der Waals surface area contributed by atoms with Gasteiger partial charge in [-0.1, -0.05) is 115 Å². The minimum atomic E-state index is -1.09. The maximum atomic E-state index is 12.2. The van der Waals surface area contributed by atoms with Gasteiger partial charge in [0.25, 0.3) is 65.0 Å². The molecule has 0 aliphatic carbocycles. The number of nitrogens with one attached hydrogen (secondary N) is 10. The number of phenols is 4. The van der Waals surface area contributed by atoms with Gasteiger partial charge in [0.15, 0.2) is 23.8 Å². The molecule has 0 saturated carbocycles. The molecule has 0 saturated heterocycles. The molecule has 0 fully saturated rings. The predicted molar refractivity (Wildman–Crippen MR) is 493 cm³/mol. The highest BCUT2D eigenvalue weighted by atomic mass is 16.5. The molecule has 686 valence electrons. The van der Waals surface area contributed by atoms with E-state index in [-0.39, 0.29) is 29.4 Å². The number of primary amides is 1. The van der Waals surface area contributed by atoms with Gasteiger partial charge in [-0.3, -0.25) is 78.8 Å². The molecular formula is C93H86N18O23. The lowest BCUT2D eigenvalue weighted by atomic mass is 10.1. The van der Waals surface area contributed by atoms with Crippen LogP contribution in [0.2, 0.25) is 0 Å². The number of nitrogens with zero attached hydrogens (tertiary/aromatic N) is 7. The van der Waals surface area contributed by atoms with E-state index in [2.05, 4.69) is 62.4 Å². The molecule has 11 amide bonds. The summed E-state index contributed by atoms with van der Waals surface area (Å²) in [6.45, 7) is 12.4. The van der Waals surface area contributed by atoms with E-state index in [0.717, 1.165) is 54.9 Å². The Bertz CT molecular complexity index is 6130. The minimum Gasteiger partial charge on any atom is -0.507 e. The van der Waals surface area contributed by atoms with Crippen molar-refractivity contribution in [3.63, 3.8) is 0 Å². The molecule has 22 N–H and O–H groups in total. The molecule has 0 spiro atoms. The van der Waals surface area contributed by atoms with Crippen LogP contribution >= 0.6 is 0 Å². The summed E-state index contributed by atoms with van der Waals surface area (Å²) in [6.07, 6.45) is 19.7. The average Bonchev–Trinajstić information content (AvgIpc) is 0.846. The molecule has 41 heteroatoms. The van der Waals surface area contributed by atoms with E-state index < -0.39 is 82.3 Å². The van der Waals surface area contributed by atoms with Crippen molar-refractivity contribution in [2.75, 3.05) is 24.6 Å². The Morgan fingerprint density at radius 1 is 0.366 bits per heavy atom. The number of carboxylic acids is 1. The fourth-order valence-corrected chi connectivity index (χ4v) is 10.3. The Morgan fingerprint density at radius 3 is 1.01 bits per heavy atom. The molecule has 0 radical (unpaired) electrons. The topological polar surface area (TPSA) is 632 Å². The quantitative estimate of drug-likeness (QED) is 0.00468. The van der Waals surface area contributed by atoms with Crippen LogP contribution in [-0.2, 0) is 28.8 Å². The summed E-state index contributed by atoms with van der Waals surface area (Å²) in [5.74, 6) is -8.43. The van der Waals surface area contributed by atoms with E-state index in [1.165, 1.54) is 131 Å². The highest BCUT2D eigenvalue weighted by molar-refractivity contribution is 6.02. The van der Waals surface area contributed by atoms with Gasteiger partial charge in [-0.15, -0.1) is 0 Å².